The molecule has 0 amide bonds. The van der Waals surface area contributed by atoms with E-state index in [-0.39, 0.29) is 24.8 Å². The molecule has 4 atom stereocenters. The molecule has 0 spiro atoms. The number of hydrogen-bond acceptors (Lipinski definition) is 0. The molecule has 2 fully saturated rings. The molecule has 0 aromatic heterocycles. The molecule has 2 aromatic carbocycles. The average molecular weight is 695 g/mol. The molecule has 4 aliphatic rings. The first-order valence-corrected chi connectivity index (χ1v) is 20.4. The Morgan fingerprint density at radius 2 is 1.00 bits per heavy atom. The van der Waals surface area contributed by atoms with Crippen LogP contribution in [0.15, 0.2) is 108 Å². The number of hydrogen-bond donors (Lipinski definition) is 0. The summed E-state index contributed by atoms with van der Waals surface area (Å²) in [6, 6.07) is 21.7. The Bertz CT molecular complexity index is 1160. The van der Waals surface area contributed by atoms with E-state index in [4.69, 9.17) is 0 Å². The van der Waals surface area contributed by atoms with Crippen LogP contribution in [0, 0.1) is 47.3 Å². The molecule has 0 N–H and O–H groups in total. The van der Waals surface area contributed by atoms with Gasteiger partial charge in [0, 0.05) is 0 Å². The Balaban J connectivity index is 0.000000215. The molecule has 42 heavy (non-hydrogen) atoms. The van der Waals surface area contributed by atoms with Crippen molar-refractivity contribution in [2.75, 3.05) is 0 Å². The van der Waals surface area contributed by atoms with Gasteiger partial charge < -0.3 is 24.8 Å². The van der Waals surface area contributed by atoms with Crippen LogP contribution in [0.3, 0.4) is 0 Å². The van der Waals surface area contributed by atoms with Gasteiger partial charge in [0.2, 0.25) is 0 Å². The van der Waals surface area contributed by atoms with Crippen LogP contribution >= 0.6 is 0 Å². The molecule has 0 heterocycles. The molecule has 0 bridgehead atoms. The summed E-state index contributed by atoms with van der Waals surface area (Å²) in [4.78, 5) is 0. The van der Waals surface area contributed by atoms with E-state index in [2.05, 4.69) is 152 Å². The van der Waals surface area contributed by atoms with Crippen molar-refractivity contribution >= 4 is 15.8 Å². The van der Waals surface area contributed by atoms with E-state index in [1.165, 1.54) is 36.1 Å². The van der Waals surface area contributed by atoms with Gasteiger partial charge in [0.1, 0.15) is 0 Å². The van der Waals surface area contributed by atoms with Gasteiger partial charge in [-0.05, 0) is 35.5 Å². The maximum atomic E-state index is 2.45. The fourth-order valence-corrected chi connectivity index (χ4v) is 10.5. The van der Waals surface area contributed by atoms with Gasteiger partial charge in [0.15, 0.2) is 0 Å². The van der Waals surface area contributed by atoms with Crippen molar-refractivity contribution < 1.29 is 48.1 Å². The van der Waals surface area contributed by atoms with Crippen molar-refractivity contribution in [2.24, 2.45) is 34.5 Å². The first-order chi connectivity index (χ1) is 19.1. The molecule has 0 nitrogen and oxygen atoms in total. The van der Waals surface area contributed by atoms with E-state index in [0.717, 1.165) is 23.7 Å². The molecule has 4 heteroatoms. The van der Waals surface area contributed by atoms with E-state index in [1.54, 1.807) is 34.5 Å². The zero-order chi connectivity index (χ0) is 28.8. The van der Waals surface area contributed by atoms with Crippen LogP contribution in [-0.4, -0.2) is 5.43 Å². The summed E-state index contributed by atoms with van der Waals surface area (Å²) in [5, 5.41) is 3.03. The van der Waals surface area contributed by atoms with E-state index in [0.29, 0.717) is 10.8 Å². The molecule has 2 saturated carbocycles. The van der Waals surface area contributed by atoms with Crippen molar-refractivity contribution in [3.05, 3.63) is 121 Å². The zero-order valence-corrected chi connectivity index (χ0v) is 31.3. The summed E-state index contributed by atoms with van der Waals surface area (Å²) in [6.07, 6.45) is 23.7. The number of fused-ring (bicyclic) bond motifs is 2. The third-order valence-electron chi connectivity index (χ3n) is 9.12. The van der Waals surface area contributed by atoms with Crippen LogP contribution in [0.1, 0.15) is 67.2 Å². The van der Waals surface area contributed by atoms with E-state index < -0.39 is 5.43 Å². The molecular formula is C38H48Cl2SiZr-2. The van der Waals surface area contributed by atoms with Crippen LogP contribution in [0.4, 0.5) is 0 Å². The predicted molar refractivity (Wildman–Crippen MR) is 172 cm³/mol. The second kappa shape index (κ2) is 16.8. The molecule has 0 saturated heterocycles. The number of halogens is 2. The summed E-state index contributed by atoms with van der Waals surface area (Å²) in [6.45, 7) is 14.2. The van der Waals surface area contributed by atoms with Gasteiger partial charge in [-0.1, -0.05) is 66.2 Å². The number of benzene rings is 2. The van der Waals surface area contributed by atoms with Gasteiger partial charge in [-0.3, -0.25) is 0 Å². The normalized spacial score (nSPS) is 25.6. The standard InChI is InChI=1S/2C13H19.C12H10Si.2ClH.Zr/c2*1-10-8-11-6-4-5-7-13(2,3)12(11)9-10;1-3-7-11(8-4-1)13-12-9-5-2-6-10-12;;;/h2*4-6,8,10,12H,7,9H2,1-3H3;1-10H;2*1H;/q2*-1;;;;+2/p-2. The van der Waals surface area contributed by atoms with Gasteiger partial charge in [-0.15, -0.1) is 24.3 Å². The van der Waals surface area contributed by atoms with Gasteiger partial charge in [-0.25, -0.2) is 36.1 Å². The Morgan fingerprint density at radius 1 is 0.643 bits per heavy atom. The monoisotopic (exact) mass is 692 g/mol. The van der Waals surface area contributed by atoms with Crippen molar-refractivity contribution in [1.82, 2.24) is 0 Å². The van der Waals surface area contributed by atoms with Gasteiger partial charge in [-0.2, -0.15) is 0 Å². The third-order valence-corrected chi connectivity index (χ3v) is 15.2. The number of rotatable bonds is 2. The van der Waals surface area contributed by atoms with Crippen LogP contribution in [0.25, 0.3) is 0 Å². The molecular weight excluding hydrogens is 647 g/mol. The van der Waals surface area contributed by atoms with Crippen LogP contribution < -0.4 is 35.2 Å². The molecule has 0 radical (unpaired) electrons. The Kier molecular flexibility index (Phi) is 14.8. The Hall–Kier alpha value is -1.18. The molecule has 0 aliphatic heterocycles. The van der Waals surface area contributed by atoms with Crippen molar-refractivity contribution in [3.8, 4) is 0 Å². The quantitative estimate of drug-likeness (QED) is 0.336. The molecule has 4 unspecified atom stereocenters. The Morgan fingerprint density at radius 3 is 1.36 bits per heavy atom. The van der Waals surface area contributed by atoms with Crippen LogP contribution in [-0.2, 0) is 23.3 Å². The van der Waals surface area contributed by atoms with Crippen LogP contribution in [0.2, 0.25) is 0 Å². The van der Waals surface area contributed by atoms with Crippen molar-refractivity contribution in [3.63, 3.8) is 0 Å². The topological polar surface area (TPSA) is 0 Å². The minimum absolute atomic E-state index is 0. The molecule has 6 rings (SSSR count). The maximum absolute atomic E-state index is 2.45. The summed E-state index contributed by atoms with van der Waals surface area (Å²) in [7, 11) is 0. The zero-order valence-electron chi connectivity index (χ0n) is 26.3. The van der Waals surface area contributed by atoms with Gasteiger partial charge >= 0.3 is 99.8 Å². The summed E-state index contributed by atoms with van der Waals surface area (Å²) < 4.78 is 0. The fourth-order valence-electron chi connectivity index (χ4n) is 6.69. The first kappa shape index (κ1) is 37.0. The summed E-state index contributed by atoms with van der Waals surface area (Å²) in [5.74, 6) is 3.14. The van der Waals surface area contributed by atoms with Crippen molar-refractivity contribution in [2.45, 2.75) is 67.2 Å². The van der Waals surface area contributed by atoms with E-state index in [1.807, 2.05) is 0 Å². The molecule has 4 aliphatic carbocycles. The van der Waals surface area contributed by atoms with Crippen molar-refractivity contribution in [1.29, 1.82) is 0 Å². The van der Waals surface area contributed by atoms with Gasteiger partial charge in [0.25, 0.3) is 0 Å². The molecule has 2 aromatic rings. The van der Waals surface area contributed by atoms with E-state index in [9.17, 15) is 0 Å². The molecule has 224 valence electrons. The predicted octanol–water partition coefficient (Wildman–Crippen LogP) is 2.87. The fraction of sp³-hybridized carbons (Fsp3) is 0.421. The van der Waals surface area contributed by atoms with Gasteiger partial charge in [0.05, 0.1) is 0 Å². The van der Waals surface area contributed by atoms with Crippen LogP contribution in [0.5, 0.6) is 0 Å². The summed E-state index contributed by atoms with van der Waals surface area (Å²) in [5.41, 5.74) is 3.61. The SMILES string of the molecule is CC1[CH-]C2=CC=CCC(C)(C)C2C1.CC1[CH-]C2=CC=CCC(C)(C)C2C1.[Cl-].[Cl-].[Zr+2]=[Si](c1ccccc1)c1ccccc1. The Labute approximate surface area is 284 Å². The minimum atomic E-state index is -0.455. The second-order valence-corrected chi connectivity index (χ2v) is 19.1. The summed E-state index contributed by atoms with van der Waals surface area (Å²) >= 11 is 1.64. The average Bonchev–Trinajstić information content (AvgIpc) is 3.45. The number of allylic oxidation sites excluding steroid dienone is 8. The van der Waals surface area contributed by atoms with E-state index >= 15 is 0 Å². The third kappa shape index (κ3) is 9.92. The first-order valence-electron chi connectivity index (χ1n) is 15.2. The second-order valence-electron chi connectivity index (χ2n) is 13.5.